The highest BCUT2D eigenvalue weighted by Crippen LogP contribution is 2.34. The zero-order valence-electron chi connectivity index (χ0n) is 20.0. The molecule has 3 aromatic rings. The van der Waals surface area contributed by atoms with Crippen molar-refractivity contribution in [1.29, 1.82) is 0 Å². The molecule has 0 spiro atoms. The van der Waals surface area contributed by atoms with Crippen LogP contribution in [0.15, 0.2) is 46.8 Å². The maximum atomic E-state index is 11.9. The van der Waals surface area contributed by atoms with Crippen molar-refractivity contribution in [2.24, 2.45) is 10.3 Å². The fraction of sp³-hybridized carbons (Fsp3) is 0.318. The van der Waals surface area contributed by atoms with Gasteiger partial charge in [0.05, 0.1) is 32.3 Å². The van der Waals surface area contributed by atoms with Gasteiger partial charge in [0.2, 0.25) is 10.0 Å². The van der Waals surface area contributed by atoms with Gasteiger partial charge in [0.15, 0.2) is 5.13 Å². The Morgan fingerprint density at radius 3 is 2.42 bits per heavy atom. The third kappa shape index (κ3) is 6.32. The lowest BCUT2D eigenvalue weighted by Gasteiger charge is -2.35. The number of nitrogens with one attached hydrogen (secondary N) is 1. The summed E-state index contributed by atoms with van der Waals surface area (Å²) < 4.78 is 43.1. The first kappa shape index (κ1) is 26.3. The predicted octanol–water partition coefficient (Wildman–Crippen LogP) is 2.01. The van der Waals surface area contributed by atoms with Gasteiger partial charge >= 0.3 is 0 Å². The topological polar surface area (TPSA) is 157 Å². The summed E-state index contributed by atoms with van der Waals surface area (Å²) in [6.45, 7) is 6.18. The van der Waals surface area contributed by atoms with Crippen LogP contribution in [0.3, 0.4) is 0 Å². The van der Waals surface area contributed by atoms with Gasteiger partial charge in [-0.1, -0.05) is 0 Å². The molecule has 36 heavy (non-hydrogen) atoms. The second-order valence-corrected chi connectivity index (χ2v) is 12.9. The van der Waals surface area contributed by atoms with E-state index in [4.69, 9.17) is 15.0 Å². The minimum absolute atomic E-state index is 0.0254. The Morgan fingerprint density at radius 2 is 1.83 bits per heavy atom. The molecule has 194 valence electrons. The molecule has 1 saturated heterocycles. The third-order valence-corrected chi connectivity index (χ3v) is 8.34. The molecule has 14 heteroatoms. The molecule has 1 unspecified atom stereocenters. The highest BCUT2D eigenvalue weighted by molar-refractivity contribution is 7.96. The molecule has 11 nitrogen and oxygen atoms in total. The van der Waals surface area contributed by atoms with Crippen molar-refractivity contribution in [2.45, 2.75) is 24.8 Å². The summed E-state index contributed by atoms with van der Waals surface area (Å²) in [6, 6.07) is 8.28. The van der Waals surface area contributed by atoms with Gasteiger partial charge < -0.3 is 15.0 Å². The summed E-state index contributed by atoms with van der Waals surface area (Å²) in [6.07, 6.45) is 1.64. The van der Waals surface area contributed by atoms with Crippen LogP contribution in [0.4, 0.5) is 16.6 Å². The Labute approximate surface area is 215 Å². The number of hydrogen-bond donors (Lipinski definition) is 3. The van der Waals surface area contributed by atoms with E-state index in [9.17, 15) is 12.6 Å². The summed E-state index contributed by atoms with van der Waals surface area (Å²) in [7, 11) is -6.56. The summed E-state index contributed by atoms with van der Waals surface area (Å²) in [5, 5.41) is 16.5. The number of primary sulfonamides is 1. The molecule has 1 aromatic carbocycles. The monoisotopic (exact) mass is 551 g/mol. The lowest BCUT2D eigenvalue weighted by Crippen LogP contribution is -2.50. The lowest BCUT2D eigenvalue weighted by molar-refractivity contribution is 0.243. The molecule has 0 bridgehead atoms. The van der Waals surface area contributed by atoms with Crippen molar-refractivity contribution in [3.63, 3.8) is 0 Å². The molecule has 1 aliphatic heterocycles. The van der Waals surface area contributed by atoms with E-state index in [1.807, 2.05) is 31.4 Å². The molecule has 0 radical (unpaired) electrons. The van der Waals surface area contributed by atoms with Gasteiger partial charge in [0.1, 0.15) is 11.6 Å². The number of nitrogens with zero attached hydrogens (tertiary/aromatic N) is 4. The van der Waals surface area contributed by atoms with Crippen LogP contribution in [0.25, 0.3) is 11.3 Å². The van der Waals surface area contributed by atoms with E-state index >= 15 is 0 Å². The lowest BCUT2D eigenvalue weighted by atomic mass is 10.2. The van der Waals surface area contributed by atoms with Crippen LogP contribution in [0.1, 0.15) is 13.8 Å². The number of sulfonamides is 1. The van der Waals surface area contributed by atoms with E-state index in [0.717, 1.165) is 17.1 Å². The number of thiazole rings is 1. The molecule has 0 saturated carbocycles. The highest BCUT2D eigenvalue weighted by Gasteiger charge is 2.22. The van der Waals surface area contributed by atoms with E-state index in [1.165, 1.54) is 23.5 Å². The summed E-state index contributed by atoms with van der Waals surface area (Å²) in [4.78, 5) is 11.3. The number of pyridine rings is 1. The standard InChI is InChI=1S/C22H29N7O4S3/c1-15(2)33-20-6-5-17(36(24,31)32)12-18(20)26-22-27-19(14-34-22)16-4-7-21(25-13-16)28-8-10-29(11-9-28)35(3,23)30/h4-7,12-15H,3,8-11H2,1-2H3,(H2,23,30)(H,26,27)(H2,24,31,32). The number of nitrogens with two attached hydrogens (primary N) is 2. The maximum absolute atomic E-state index is 11.9. The first-order valence-electron chi connectivity index (χ1n) is 11.1. The van der Waals surface area contributed by atoms with Gasteiger partial charge in [-0.3, -0.25) is 0 Å². The van der Waals surface area contributed by atoms with Gasteiger partial charge in [0.25, 0.3) is 0 Å². The Hall–Kier alpha value is -2.75. The van der Waals surface area contributed by atoms with Crippen LogP contribution in [0, 0.1) is 0 Å². The number of ether oxygens (including phenoxy) is 1. The van der Waals surface area contributed by atoms with Crippen molar-refractivity contribution in [3.8, 4) is 17.0 Å². The third-order valence-electron chi connectivity index (χ3n) is 5.43. The molecule has 0 amide bonds. The van der Waals surface area contributed by atoms with Gasteiger partial charge in [-0.05, 0) is 50.0 Å². The summed E-state index contributed by atoms with van der Waals surface area (Å²) >= 11 is 1.37. The second kappa shape index (κ2) is 10.3. The van der Waals surface area contributed by atoms with Crippen LogP contribution in [-0.4, -0.2) is 65.1 Å². The van der Waals surface area contributed by atoms with E-state index in [0.29, 0.717) is 42.7 Å². The Morgan fingerprint density at radius 1 is 1.11 bits per heavy atom. The minimum atomic E-state index is -3.88. The molecule has 1 atom stereocenters. The Kier molecular flexibility index (Phi) is 7.54. The molecular formula is C22H29N7O4S3. The summed E-state index contributed by atoms with van der Waals surface area (Å²) in [5.41, 5.74) is 2.01. The zero-order chi connectivity index (χ0) is 26.1. The largest absolute Gasteiger partial charge is 0.489 e. The predicted molar refractivity (Wildman–Crippen MR) is 145 cm³/mol. The van der Waals surface area contributed by atoms with Crippen LogP contribution in [0.2, 0.25) is 0 Å². The molecule has 3 heterocycles. The van der Waals surface area contributed by atoms with Gasteiger partial charge in [-0.2, -0.15) is 0 Å². The molecule has 1 aliphatic rings. The van der Waals surface area contributed by atoms with Crippen molar-refractivity contribution >= 4 is 53.8 Å². The number of hydrogen-bond acceptors (Lipinski definition) is 9. The molecule has 5 N–H and O–H groups in total. The van der Waals surface area contributed by atoms with E-state index in [-0.39, 0.29) is 11.0 Å². The fourth-order valence-corrected chi connectivity index (χ4v) is 5.72. The Bertz CT molecular complexity index is 1430. The average molecular weight is 552 g/mol. The van der Waals surface area contributed by atoms with Crippen LogP contribution < -0.4 is 25.2 Å². The molecule has 2 aromatic heterocycles. The number of anilines is 3. The molecule has 0 aliphatic carbocycles. The SMILES string of the molecule is C=S(N)(=O)N1CCN(c2ccc(-c3csc(Nc4cc(S(N)(=O)=O)ccc4OC(C)C)n3)cn2)CC1. The molecular weight excluding hydrogens is 522 g/mol. The normalized spacial score (nSPS) is 16.6. The van der Waals surface area contributed by atoms with E-state index < -0.39 is 19.9 Å². The average Bonchev–Trinajstić information content (AvgIpc) is 3.27. The van der Waals surface area contributed by atoms with Crippen molar-refractivity contribution in [1.82, 2.24) is 14.3 Å². The van der Waals surface area contributed by atoms with Crippen molar-refractivity contribution in [3.05, 3.63) is 41.9 Å². The number of benzene rings is 1. The van der Waals surface area contributed by atoms with Gasteiger partial charge in [0, 0.05) is 43.3 Å². The number of aromatic nitrogens is 2. The highest BCUT2D eigenvalue weighted by atomic mass is 32.2. The minimum Gasteiger partial charge on any atom is -0.489 e. The quantitative estimate of drug-likeness (QED) is 0.359. The van der Waals surface area contributed by atoms with Crippen molar-refractivity contribution < 1.29 is 17.4 Å². The van der Waals surface area contributed by atoms with Crippen LogP contribution >= 0.6 is 11.3 Å². The molecule has 1 fully saturated rings. The van der Waals surface area contributed by atoms with Gasteiger partial charge in [-0.25, -0.2) is 37.2 Å². The van der Waals surface area contributed by atoms with Crippen molar-refractivity contribution in [2.75, 3.05) is 36.4 Å². The summed E-state index contributed by atoms with van der Waals surface area (Å²) in [5.74, 6) is 4.85. The van der Waals surface area contributed by atoms with Crippen LogP contribution in [0.5, 0.6) is 5.75 Å². The fourth-order valence-electron chi connectivity index (χ4n) is 3.67. The first-order chi connectivity index (χ1) is 16.9. The van der Waals surface area contributed by atoms with E-state index in [1.54, 1.807) is 16.6 Å². The zero-order valence-corrected chi connectivity index (χ0v) is 22.4. The second-order valence-electron chi connectivity index (χ2n) is 8.54. The van der Waals surface area contributed by atoms with E-state index in [2.05, 4.69) is 26.1 Å². The smallest absolute Gasteiger partial charge is 0.238 e. The Balaban J connectivity index is 1.49. The number of rotatable bonds is 8. The maximum Gasteiger partial charge on any atom is 0.238 e. The van der Waals surface area contributed by atoms with Crippen LogP contribution in [-0.2, 0) is 19.9 Å². The molecule has 4 rings (SSSR count). The van der Waals surface area contributed by atoms with Gasteiger partial charge in [-0.15, -0.1) is 11.3 Å². The number of piperazine rings is 1. The first-order valence-corrected chi connectivity index (χ1v) is 15.2.